The molecular weight excluding hydrogens is 286 g/mol. The predicted molar refractivity (Wildman–Crippen MR) is 81.5 cm³/mol. The van der Waals surface area contributed by atoms with E-state index in [9.17, 15) is 14.4 Å². The van der Waals surface area contributed by atoms with Crippen LogP contribution in [-0.4, -0.2) is 31.0 Å². The molecule has 7 nitrogen and oxygen atoms in total. The molecule has 0 aliphatic carbocycles. The van der Waals surface area contributed by atoms with Crippen molar-refractivity contribution in [3.8, 4) is 5.75 Å². The van der Waals surface area contributed by atoms with E-state index in [4.69, 9.17) is 10.5 Å². The van der Waals surface area contributed by atoms with Crippen molar-refractivity contribution in [3.63, 3.8) is 0 Å². The van der Waals surface area contributed by atoms with Crippen molar-refractivity contribution in [1.82, 2.24) is 10.6 Å². The van der Waals surface area contributed by atoms with Crippen molar-refractivity contribution in [1.29, 1.82) is 0 Å². The molecule has 0 spiro atoms. The Morgan fingerprint density at radius 3 is 2.55 bits per heavy atom. The number of para-hydroxylation sites is 1. The van der Waals surface area contributed by atoms with E-state index in [2.05, 4.69) is 10.6 Å². The number of hydrogen-bond acceptors (Lipinski definition) is 4. The summed E-state index contributed by atoms with van der Waals surface area (Å²) in [6.07, 6.45) is 0.824. The van der Waals surface area contributed by atoms with Crippen LogP contribution in [0.2, 0.25) is 0 Å². The Hall–Kier alpha value is -2.57. The fraction of sp³-hybridized carbons (Fsp3) is 0.400. The number of urea groups is 1. The number of ether oxygens (including phenoxy) is 1. The number of imide groups is 1. The van der Waals surface area contributed by atoms with Gasteiger partial charge >= 0.3 is 6.03 Å². The number of carbonyl (C=O) groups is 3. The molecule has 0 aliphatic rings. The van der Waals surface area contributed by atoms with Gasteiger partial charge in [0, 0.05) is 6.54 Å². The first-order valence-electron chi connectivity index (χ1n) is 6.99. The van der Waals surface area contributed by atoms with E-state index in [1.165, 1.54) is 12.1 Å². The second-order valence-corrected chi connectivity index (χ2v) is 5.14. The maximum Gasteiger partial charge on any atom is 0.321 e. The maximum atomic E-state index is 11.6. The van der Waals surface area contributed by atoms with E-state index in [-0.39, 0.29) is 17.9 Å². The van der Waals surface area contributed by atoms with Gasteiger partial charge in [-0.2, -0.15) is 0 Å². The highest BCUT2D eigenvalue weighted by Gasteiger charge is 2.12. The monoisotopic (exact) mass is 307 g/mol. The molecule has 0 heterocycles. The van der Waals surface area contributed by atoms with Gasteiger partial charge in [-0.3, -0.25) is 14.9 Å². The molecular formula is C15H21N3O4. The molecule has 0 aliphatic heterocycles. The fourth-order valence-corrected chi connectivity index (χ4v) is 1.62. The second-order valence-electron chi connectivity index (χ2n) is 5.14. The van der Waals surface area contributed by atoms with E-state index in [1.807, 2.05) is 13.8 Å². The lowest BCUT2D eigenvalue weighted by Gasteiger charge is -2.10. The molecule has 0 unspecified atom stereocenters. The Kier molecular flexibility index (Phi) is 6.88. The van der Waals surface area contributed by atoms with Crippen molar-refractivity contribution in [2.45, 2.75) is 20.3 Å². The molecule has 4 N–H and O–H groups in total. The third kappa shape index (κ3) is 6.25. The highest BCUT2D eigenvalue weighted by molar-refractivity contribution is 5.96. The van der Waals surface area contributed by atoms with Crippen LogP contribution < -0.4 is 21.1 Å². The minimum absolute atomic E-state index is 0.177. The van der Waals surface area contributed by atoms with Crippen LogP contribution in [0.4, 0.5) is 4.79 Å². The summed E-state index contributed by atoms with van der Waals surface area (Å²) in [4.78, 5) is 34.2. The fourth-order valence-electron chi connectivity index (χ4n) is 1.62. The molecule has 7 heteroatoms. The molecule has 0 saturated carbocycles. The summed E-state index contributed by atoms with van der Waals surface area (Å²) in [6, 6.07) is 5.73. The van der Waals surface area contributed by atoms with Gasteiger partial charge < -0.3 is 15.8 Å². The molecule has 0 atom stereocenters. The first kappa shape index (κ1) is 17.5. The Morgan fingerprint density at radius 2 is 1.91 bits per heavy atom. The average Bonchev–Trinajstić information content (AvgIpc) is 2.44. The van der Waals surface area contributed by atoms with Gasteiger partial charge in [0.15, 0.2) is 6.61 Å². The Labute approximate surface area is 129 Å². The Balaban J connectivity index is 2.40. The lowest BCUT2D eigenvalue weighted by Crippen LogP contribution is -2.42. The molecule has 4 amide bonds. The zero-order valence-corrected chi connectivity index (χ0v) is 12.7. The summed E-state index contributed by atoms with van der Waals surface area (Å²) >= 11 is 0. The van der Waals surface area contributed by atoms with E-state index in [1.54, 1.807) is 12.1 Å². The summed E-state index contributed by atoms with van der Waals surface area (Å²) in [6.45, 7) is 4.17. The maximum absolute atomic E-state index is 11.6. The number of nitrogens with two attached hydrogens (primary N) is 1. The van der Waals surface area contributed by atoms with Crippen LogP contribution in [0.3, 0.4) is 0 Å². The van der Waals surface area contributed by atoms with Crippen LogP contribution in [0.1, 0.15) is 30.6 Å². The van der Waals surface area contributed by atoms with Crippen LogP contribution in [0.25, 0.3) is 0 Å². The molecule has 22 heavy (non-hydrogen) atoms. The van der Waals surface area contributed by atoms with E-state index < -0.39 is 17.8 Å². The third-order valence-electron chi connectivity index (χ3n) is 2.77. The lowest BCUT2D eigenvalue weighted by molar-refractivity contribution is -0.122. The highest BCUT2D eigenvalue weighted by atomic mass is 16.5. The summed E-state index contributed by atoms with van der Waals surface area (Å²) in [5.74, 6) is -0.598. The van der Waals surface area contributed by atoms with Gasteiger partial charge in [0.05, 0.1) is 5.56 Å². The standard InChI is InChI=1S/C15H21N3O4/c1-10(2)7-8-17-15(21)18-13(19)9-22-12-6-4-3-5-11(12)14(16)20/h3-6,10H,7-9H2,1-2H3,(H2,16,20)(H2,17,18,19,21). The quantitative estimate of drug-likeness (QED) is 0.698. The minimum atomic E-state index is -0.651. The smallest absolute Gasteiger partial charge is 0.321 e. The zero-order valence-electron chi connectivity index (χ0n) is 12.7. The third-order valence-corrected chi connectivity index (χ3v) is 2.77. The summed E-state index contributed by atoms with van der Waals surface area (Å²) < 4.78 is 5.21. The van der Waals surface area contributed by atoms with Crippen molar-refractivity contribution in [2.24, 2.45) is 11.7 Å². The molecule has 120 valence electrons. The average molecular weight is 307 g/mol. The number of nitrogens with one attached hydrogen (secondary N) is 2. The number of carbonyl (C=O) groups excluding carboxylic acids is 3. The van der Waals surface area contributed by atoms with E-state index in [0.29, 0.717) is 12.5 Å². The molecule has 0 radical (unpaired) electrons. The Morgan fingerprint density at radius 1 is 1.23 bits per heavy atom. The van der Waals surface area contributed by atoms with Gasteiger partial charge in [-0.05, 0) is 24.5 Å². The number of hydrogen-bond donors (Lipinski definition) is 3. The topological polar surface area (TPSA) is 111 Å². The largest absolute Gasteiger partial charge is 0.483 e. The van der Waals surface area contributed by atoms with Crippen molar-refractivity contribution < 1.29 is 19.1 Å². The molecule has 1 aromatic carbocycles. The van der Waals surface area contributed by atoms with Gasteiger partial charge in [-0.1, -0.05) is 26.0 Å². The molecule has 0 aromatic heterocycles. The van der Waals surface area contributed by atoms with Gasteiger partial charge in [0.2, 0.25) is 0 Å². The summed E-state index contributed by atoms with van der Waals surface area (Å²) in [5.41, 5.74) is 5.37. The highest BCUT2D eigenvalue weighted by Crippen LogP contribution is 2.16. The zero-order chi connectivity index (χ0) is 16.5. The molecule has 1 rings (SSSR count). The van der Waals surface area contributed by atoms with Gasteiger partial charge in [0.1, 0.15) is 5.75 Å². The number of amides is 4. The molecule has 0 saturated heterocycles. The van der Waals surface area contributed by atoms with Crippen molar-refractivity contribution >= 4 is 17.8 Å². The van der Waals surface area contributed by atoms with Crippen LogP contribution in [0.5, 0.6) is 5.75 Å². The number of rotatable bonds is 7. The van der Waals surface area contributed by atoms with Crippen LogP contribution >= 0.6 is 0 Å². The first-order chi connectivity index (χ1) is 10.4. The number of benzene rings is 1. The van der Waals surface area contributed by atoms with E-state index in [0.717, 1.165) is 6.42 Å². The normalized spacial score (nSPS) is 10.1. The van der Waals surface area contributed by atoms with Gasteiger partial charge in [-0.25, -0.2) is 4.79 Å². The predicted octanol–water partition coefficient (Wildman–Crippen LogP) is 1.04. The second kappa shape index (κ2) is 8.66. The van der Waals surface area contributed by atoms with E-state index >= 15 is 0 Å². The van der Waals surface area contributed by atoms with Gasteiger partial charge in [0.25, 0.3) is 11.8 Å². The number of primary amides is 1. The van der Waals surface area contributed by atoms with Crippen LogP contribution in [-0.2, 0) is 4.79 Å². The SMILES string of the molecule is CC(C)CCNC(=O)NC(=O)COc1ccccc1C(N)=O. The van der Waals surface area contributed by atoms with Gasteiger partial charge in [-0.15, -0.1) is 0 Å². The van der Waals surface area contributed by atoms with Crippen LogP contribution in [0, 0.1) is 5.92 Å². The molecule has 0 fully saturated rings. The summed E-state index contributed by atoms with van der Waals surface area (Å²) in [7, 11) is 0. The van der Waals surface area contributed by atoms with Crippen molar-refractivity contribution in [2.75, 3.05) is 13.2 Å². The molecule has 0 bridgehead atoms. The van der Waals surface area contributed by atoms with Crippen molar-refractivity contribution in [3.05, 3.63) is 29.8 Å². The van der Waals surface area contributed by atoms with Crippen LogP contribution in [0.15, 0.2) is 24.3 Å². The Bertz CT molecular complexity index is 543. The first-order valence-corrected chi connectivity index (χ1v) is 6.99. The summed E-state index contributed by atoms with van der Waals surface area (Å²) in [5, 5.41) is 4.71. The minimum Gasteiger partial charge on any atom is -0.483 e. The lowest BCUT2D eigenvalue weighted by atomic mass is 10.1. The molecule has 1 aromatic rings.